The van der Waals surface area contributed by atoms with Crippen molar-refractivity contribution < 1.29 is 8.42 Å². The maximum Gasteiger partial charge on any atom is 0.252 e. The van der Waals surface area contributed by atoms with Crippen molar-refractivity contribution in [2.45, 2.75) is 30.0 Å². The van der Waals surface area contributed by atoms with Crippen molar-refractivity contribution in [3.63, 3.8) is 0 Å². The molecule has 2 heterocycles. The van der Waals surface area contributed by atoms with E-state index in [0.29, 0.717) is 33.5 Å². The molecule has 2 aliphatic rings. The number of thiophene rings is 1. The third-order valence-corrected chi connectivity index (χ3v) is 8.14. The first-order valence-corrected chi connectivity index (χ1v) is 9.04. The van der Waals surface area contributed by atoms with Gasteiger partial charge in [0.2, 0.25) is 0 Å². The fourth-order valence-electron chi connectivity index (χ4n) is 3.15. The summed E-state index contributed by atoms with van der Waals surface area (Å²) in [6, 6.07) is 1.81. The summed E-state index contributed by atoms with van der Waals surface area (Å²) < 4.78 is 27.6. The van der Waals surface area contributed by atoms with Gasteiger partial charge in [-0.3, -0.25) is 0 Å². The molecule has 0 aromatic carbocycles. The van der Waals surface area contributed by atoms with Gasteiger partial charge in [0.05, 0.1) is 4.34 Å². The van der Waals surface area contributed by atoms with Gasteiger partial charge in [0.1, 0.15) is 4.21 Å². The predicted octanol–water partition coefficient (Wildman–Crippen LogP) is 2.07. The molecule has 3 atom stereocenters. The van der Waals surface area contributed by atoms with Crippen LogP contribution in [0.15, 0.2) is 10.3 Å². The normalized spacial score (nSPS) is 31.8. The summed E-state index contributed by atoms with van der Waals surface area (Å²) in [5, 5.41) is 0. The van der Waals surface area contributed by atoms with E-state index in [1.807, 2.05) is 6.92 Å². The van der Waals surface area contributed by atoms with Gasteiger partial charge >= 0.3 is 0 Å². The molecular formula is C12H17ClN2O2S2. The standard InChI is InChI=1S/C12H17ClN2O2S2/c1-7-4-11(18-12(7)13)19(16,17)15-5-8-2-3-10(14)9(8)6-15/h4,8-10H,2-3,5-6,14H2,1H3. The van der Waals surface area contributed by atoms with Crippen LogP contribution in [0.4, 0.5) is 0 Å². The molecule has 0 spiro atoms. The molecule has 0 amide bonds. The molecule has 1 saturated heterocycles. The van der Waals surface area contributed by atoms with Crippen LogP contribution in [-0.2, 0) is 10.0 Å². The van der Waals surface area contributed by atoms with E-state index in [2.05, 4.69) is 0 Å². The van der Waals surface area contributed by atoms with E-state index >= 15 is 0 Å². The van der Waals surface area contributed by atoms with E-state index < -0.39 is 10.0 Å². The molecule has 106 valence electrons. The van der Waals surface area contributed by atoms with Crippen LogP contribution in [0.25, 0.3) is 0 Å². The Kier molecular flexibility index (Phi) is 3.42. The first-order chi connectivity index (χ1) is 8.89. The number of nitrogens with two attached hydrogens (primary N) is 1. The Bertz CT molecular complexity index is 579. The minimum Gasteiger partial charge on any atom is -0.327 e. The third-order valence-electron chi connectivity index (χ3n) is 4.31. The molecule has 1 aliphatic carbocycles. The van der Waals surface area contributed by atoms with Gasteiger partial charge < -0.3 is 5.73 Å². The van der Waals surface area contributed by atoms with Crippen molar-refractivity contribution in [1.29, 1.82) is 0 Å². The van der Waals surface area contributed by atoms with Gasteiger partial charge in [-0.05, 0) is 43.2 Å². The highest BCUT2D eigenvalue weighted by Crippen LogP contribution is 2.40. The van der Waals surface area contributed by atoms with Crippen LogP contribution >= 0.6 is 22.9 Å². The Morgan fingerprint density at radius 3 is 2.74 bits per heavy atom. The molecule has 7 heteroatoms. The predicted molar refractivity (Wildman–Crippen MR) is 77.0 cm³/mol. The van der Waals surface area contributed by atoms with Crippen molar-refractivity contribution in [2.24, 2.45) is 17.6 Å². The lowest BCUT2D eigenvalue weighted by molar-refractivity contribution is 0.428. The highest BCUT2D eigenvalue weighted by Gasteiger charge is 2.45. The number of hydrogen-bond donors (Lipinski definition) is 1. The SMILES string of the molecule is Cc1cc(S(=O)(=O)N2CC3CCC(N)C3C2)sc1Cl. The summed E-state index contributed by atoms with van der Waals surface area (Å²) in [5.41, 5.74) is 6.87. The number of rotatable bonds is 2. The fraction of sp³-hybridized carbons (Fsp3) is 0.667. The molecule has 1 aromatic rings. The van der Waals surface area contributed by atoms with Gasteiger partial charge in [-0.15, -0.1) is 11.3 Å². The van der Waals surface area contributed by atoms with Gasteiger partial charge in [-0.1, -0.05) is 11.6 Å². The molecule has 1 aliphatic heterocycles. The summed E-state index contributed by atoms with van der Waals surface area (Å²) in [6.45, 7) is 2.99. The summed E-state index contributed by atoms with van der Waals surface area (Å²) in [5.74, 6) is 0.757. The van der Waals surface area contributed by atoms with E-state index in [1.165, 1.54) is 0 Å². The van der Waals surface area contributed by atoms with E-state index in [-0.39, 0.29) is 6.04 Å². The lowest BCUT2D eigenvalue weighted by Gasteiger charge is -2.17. The molecular weight excluding hydrogens is 304 g/mol. The van der Waals surface area contributed by atoms with E-state index in [0.717, 1.165) is 29.7 Å². The molecule has 0 radical (unpaired) electrons. The lowest BCUT2D eigenvalue weighted by atomic mass is 9.98. The summed E-state index contributed by atoms with van der Waals surface area (Å²) in [6.07, 6.45) is 2.06. The quantitative estimate of drug-likeness (QED) is 0.907. The van der Waals surface area contributed by atoms with E-state index in [4.69, 9.17) is 17.3 Å². The Balaban J connectivity index is 1.86. The largest absolute Gasteiger partial charge is 0.327 e. The molecule has 1 aromatic heterocycles. The Morgan fingerprint density at radius 1 is 1.42 bits per heavy atom. The first kappa shape index (κ1) is 13.8. The second-order valence-electron chi connectivity index (χ2n) is 5.51. The number of sulfonamides is 1. The highest BCUT2D eigenvalue weighted by atomic mass is 35.5. The maximum absolute atomic E-state index is 12.6. The first-order valence-electron chi connectivity index (χ1n) is 6.41. The number of halogens is 1. The van der Waals surface area contributed by atoms with Gasteiger partial charge in [0, 0.05) is 19.1 Å². The average molecular weight is 321 g/mol. The van der Waals surface area contributed by atoms with Gasteiger partial charge in [-0.2, -0.15) is 4.31 Å². The molecule has 3 rings (SSSR count). The van der Waals surface area contributed by atoms with Crippen LogP contribution in [0.5, 0.6) is 0 Å². The Labute approximate surface area is 122 Å². The van der Waals surface area contributed by atoms with Crippen LogP contribution in [0.3, 0.4) is 0 Å². The molecule has 2 fully saturated rings. The zero-order valence-corrected chi connectivity index (χ0v) is 13.1. The maximum atomic E-state index is 12.6. The smallest absolute Gasteiger partial charge is 0.252 e. The van der Waals surface area contributed by atoms with Gasteiger partial charge in [0.15, 0.2) is 0 Å². The molecule has 0 bridgehead atoms. The van der Waals surface area contributed by atoms with Crippen molar-refractivity contribution >= 4 is 33.0 Å². The number of hydrogen-bond acceptors (Lipinski definition) is 4. The number of nitrogens with zero attached hydrogens (tertiary/aromatic N) is 1. The van der Waals surface area contributed by atoms with Crippen LogP contribution in [0.1, 0.15) is 18.4 Å². The molecule has 3 unspecified atom stereocenters. The molecule has 19 heavy (non-hydrogen) atoms. The summed E-state index contributed by atoms with van der Waals surface area (Å²) >= 11 is 7.12. The third kappa shape index (κ3) is 2.23. The summed E-state index contributed by atoms with van der Waals surface area (Å²) in [7, 11) is -3.39. The summed E-state index contributed by atoms with van der Waals surface area (Å²) in [4.78, 5) is 0. The number of aryl methyl sites for hydroxylation is 1. The van der Waals surface area contributed by atoms with Crippen LogP contribution in [0, 0.1) is 18.8 Å². The molecule has 2 N–H and O–H groups in total. The Hall–Kier alpha value is -0.140. The zero-order valence-electron chi connectivity index (χ0n) is 10.7. The van der Waals surface area contributed by atoms with Crippen molar-refractivity contribution in [3.05, 3.63) is 16.0 Å². The van der Waals surface area contributed by atoms with Crippen LogP contribution in [-0.4, -0.2) is 31.9 Å². The van der Waals surface area contributed by atoms with Crippen LogP contribution < -0.4 is 5.73 Å². The Morgan fingerprint density at radius 2 is 2.16 bits per heavy atom. The van der Waals surface area contributed by atoms with E-state index in [9.17, 15) is 8.42 Å². The van der Waals surface area contributed by atoms with Gasteiger partial charge in [-0.25, -0.2) is 8.42 Å². The minimum atomic E-state index is -3.39. The molecule has 4 nitrogen and oxygen atoms in total. The second-order valence-corrected chi connectivity index (χ2v) is 9.33. The zero-order chi connectivity index (χ0) is 13.8. The monoisotopic (exact) mass is 320 g/mol. The van der Waals surface area contributed by atoms with Crippen LogP contribution in [0.2, 0.25) is 4.34 Å². The number of fused-ring (bicyclic) bond motifs is 1. The van der Waals surface area contributed by atoms with E-state index in [1.54, 1.807) is 10.4 Å². The molecule has 1 saturated carbocycles. The average Bonchev–Trinajstić information content (AvgIpc) is 2.99. The van der Waals surface area contributed by atoms with Crippen molar-refractivity contribution in [3.8, 4) is 0 Å². The van der Waals surface area contributed by atoms with Crippen molar-refractivity contribution in [1.82, 2.24) is 4.31 Å². The lowest BCUT2D eigenvalue weighted by Crippen LogP contribution is -2.33. The fourth-order valence-corrected chi connectivity index (χ4v) is 6.55. The second kappa shape index (κ2) is 4.70. The van der Waals surface area contributed by atoms with Gasteiger partial charge in [0.25, 0.3) is 10.0 Å². The van der Waals surface area contributed by atoms with Crippen molar-refractivity contribution in [2.75, 3.05) is 13.1 Å². The minimum absolute atomic E-state index is 0.152. The topological polar surface area (TPSA) is 63.4 Å². The highest BCUT2D eigenvalue weighted by molar-refractivity contribution is 7.91.